The van der Waals surface area contributed by atoms with Gasteiger partial charge in [-0.05, 0) is 37.1 Å². The van der Waals surface area contributed by atoms with Gasteiger partial charge in [0, 0.05) is 24.8 Å². The number of nitrogens with zero attached hydrogens (tertiary/aromatic N) is 2. The highest BCUT2D eigenvalue weighted by Gasteiger charge is 2.27. The fourth-order valence-corrected chi connectivity index (χ4v) is 5.38. The molecule has 1 aromatic carbocycles. The Morgan fingerprint density at radius 2 is 2.21 bits per heavy atom. The monoisotopic (exact) mass is 435 g/mol. The summed E-state index contributed by atoms with van der Waals surface area (Å²) in [5.74, 6) is -0.364. The number of rotatable bonds is 6. The summed E-state index contributed by atoms with van der Waals surface area (Å²) in [4.78, 5) is 30.7. The van der Waals surface area contributed by atoms with Crippen LogP contribution in [0, 0.1) is 5.82 Å². The van der Waals surface area contributed by atoms with Crippen molar-refractivity contribution in [2.45, 2.75) is 47.6 Å². The molecule has 1 N–H and O–H groups in total. The van der Waals surface area contributed by atoms with Crippen molar-refractivity contribution in [3.63, 3.8) is 0 Å². The number of carbonyl (C=O) groups is 1. The van der Waals surface area contributed by atoms with Crippen molar-refractivity contribution in [3.8, 4) is 5.69 Å². The number of nitrogens with one attached hydrogen (secondary N) is 1. The molecule has 2 aliphatic rings. The van der Waals surface area contributed by atoms with Crippen molar-refractivity contribution in [2.24, 2.45) is 0 Å². The molecule has 0 spiro atoms. The highest BCUT2D eigenvalue weighted by atomic mass is 32.2. The molecule has 9 heteroatoms. The second kappa shape index (κ2) is 8.89. The molecule has 1 saturated heterocycles. The highest BCUT2D eigenvalue weighted by molar-refractivity contribution is 8.00. The van der Waals surface area contributed by atoms with Crippen LogP contribution >= 0.6 is 23.5 Å². The predicted octanol–water partition coefficient (Wildman–Crippen LogP) is 2.80. The standard InChI is InChI=1S/C20H22FN3O3S2/c1-12-9-16-18(29-12)19(26)24(14-6-4-13(21)5-7-14)20(23-16)28-11-17(25)22-10-15-3-2-8-27-15/h4-7,12,15H,2-3,8-11H2,1H3,(H,22,25)/t12-,15+/m0/s1. The zero-order valence-electron chi connectivity index (χ0n) is 16.0. The molecule has 0 bridgehead atoms. The lowest BCUT2D eigenvalue weighted by Gasteiger charge is -2.14. The lowest BCUT2D eigenvalue weighted by molar-refractivity contribution is -0.119. The third-order valence-electron chi connectivity index (χ3n) is 4.85. The average Bonchev–Trinajstić information content (AvgIpc) is 3.35. The van der Waals surface area contributed by atoms with Crippen LogP contribution in [0.5, 0.6) is 0 Å². The average molecular weight is 436 g/mol. The number of fused-ring (bicyclic) bond motifs is 1. The van der Waals surface area contributed by atoms with E-state index in [1.807, 2.05) is 0 Å². The van der Waals surface area contributed by atoms with E-state index in [-0.39, 0.29) is 34.4 Å². The second-order valence-corrected chi connectivity index (χ2v) is 9.54. The molecule has 0 radical (unpaired) electrons. The van der Waals surface area contributed by atoms with Gasteiger partial charge in [-0.25, -0.2) is 9.37 Å². The van der Waals surface area contributed by atoms with Crippen LogP contribution in [0.2, 0.25) is 0 Å². The number of benzene rings is 1. The van der Waals surface area contributed by atoms with E-state index in [2.05, 4.69) is 17.2 Å². The molecule has 1 aromatic heterocycles. The molecule has 0 saturated carbocycles. The first-order chi connectivity index (χ1) is 14.0. The number of thioether (sulfide) groups is 2. The molecular weight excluding hydrogens is 413 g/mol. The molecule has 2 aliphatic heterocycles. The van der Waals surface area contributed by atoms with Crippen molar-refractivity contribution in [1.82, 2.24) is 14.9 Å². The lowest BCUT2D eigenvalue weighted by atomic mass is 10.2. The topological polar surface area (TPSA) is 73.2 Å². The van der Waals surface area contributed by atoms with Gasteiger partial charge in [-0.15, -0.1) is 11.8 Å². The lowest BCUT2D eigenvalue weighted by Crippen LogP contribution is -2.33. The van der Waals surface area contributed by atoms with E-state index >= 15 is 0 Å². The van der Waals surface area contributed by atoms with Crippen LogP contribution in [-0.2, 0) is 16.0 Å². The van der Waals surface area contributed by atoms with Gasteiger partial charge in [0.25, 0.3) is 5.56 Å². The maximum Gasteiger partial charge on any atom is 0.272 e. The second-order valence-electron chi connectivity index (χ2n) is 7.15. The number of hydrogen-bond donors (Lipinski definition) is 1. The number of aromatic nitrogens is 2. The Bertz CT molecular complexity index is 959. The van der Waals surface area contributed by atoms with Crippen LogP contribution in [0.15, 0.2) is 39.1 Å². The first-order valence-corrected chi connectivity index (χ1v) is 11.5. The summed E-state index contributed by atoms with van der Waals surface area (Å²) in [5.41, 5.74) is 1.14. The normalized spacial score (nSPS) is 20.6. The summed E-state index contributed by atoms with van der Waals surface area (Å²) in [6.07, 6.45) is 2.78. The molecule has 6 nitrogen and oxygen atoms in total. The van der Waals surface area contributed by atoms with Crippen LogP contribution in [0.1, 0.15) is 25.5 Å². The van der Waals surface area contributed by atoms with E-state index in [0.29, 0.717) is 22.3 Å². The molecule has 2 atom stereocenters. The van der Waals surface area contributed by atoms with E-state index in [0.717, 1.165) is 31.6 Å². The van der Waals surface area contributed by atoms with Crippen molar-refractivity contribution >= 4 is 29.4 Å². The summed E-state index contributed by atoms with van der Waals surface area (Å²) >= 11 is 2.73. The molecular formula is C20H22FN3O3S2. The van der Waals surface area contributed by atoms with Gasteiger partial charge in [0.1, 0.15) is 5.82 Å². The van der Waals surface area contributed by atoms with Crippen LogP contribution in [0.3, 0.4) is 0 Å². The molecule has 3 heterocycles. The third kappa shape index (κ3) is 4.67. The Labute approximate surface area is 176 Å². The number of amides is 1. The van der Waals surface area contributed by atoms with Gasteiger partial charge in [0.2, 0.25) is 5.91 Å². The molecule has 1 fully saturated rings. The fourth-order valence-electron chi connectivity index (χ4n) is 3.43. The highest BCUT2D eigenvalue weighted by Crippen LogP contribution is 2.34. The summed E-state index contributed by atoms with van der Waals surface area (Å²) in [7, 11) is 0. The Kier molecular flexibility index (Phi) is 6.26. The number of ether oxygens (including phenoxy) is 1. The van der Waals surface area contributed by atoms with Crippen molar-refractivity contribution in [2.75, 3.05) is 18.9 Å². The van der Waals surface area contributed by atoms with Crippen molar-refractivity contribution < 1.29 is 13.9 Å². The predicted molar refractivity (Wildman–Crippen MR) is 112 cm³/mol. The number of halogens is 1. The Hall–Kier alpha value is -1.84. The van der Waals surface area contributed by atoms with Gasteiger partial charge in [0.05, 0.1) is 28.1 Å². The SMILES string of the molecule is C[C@H]1Cc2nc(SCC(=O)NC[C@H]3CCCO3)n(-c3ccc(F)cc3)c(=O)c2S1. The van der Waals surface area contributed by atoms with Gasteiger partial charge in [0.15, 0.2) is 5.16 Å². The van der Waals surface area contributed by atoms with E-state index in [1.165, 1.54) is 40.2 Å². The summed E-state index contributed by atoms with van der Waals surface area (Å²) in [6.45, 7) is 3.30. The molecule has 2 aromatic rings. The van der Waals surface area contributed by atoms with Gasteiger partial charge in [-0.3, -0.25) is 14.2 Å². The van der Waals surface area contributed by atoms with Gasteiger partial charge in [-0.1, -0.05) is 18.7 Å². The van der Waals surface area contributed by atoms with Crippen LogP contribution in [0.4, 0.5) is 4.39 Å². The minimum atomic E-state index is -0.373. The molecule has 1 amide bonds. The van der Waals surface area contributed by atoms with Crippen molar-refractivity contribution in [3.05, 3.63) is 46.1 Å². The van der Waals surface area contributed by atoms with Crippen LogP contribution in [0.25, 0.3) is 5.69 Å². The maximum absolute atomic E-state index is 13.4. The maximum atomic E-state index is 13.4. The van der Waals surface area contributed by atoms with Gasteiger partial charge in [-0.2, -0.15) is 0 Å². The number of hydrogen-bond acceptors (Lipinski definition) is 6. The Morgan fingerprint density at radius 1 is 1.41 bits per heavy atom. The van der Waals surface area contributed by atoms with Gasteiger partial charge >= 0.3 is 0 Å². The fraction of sp³-hybridized carbons (Fsp3) is 0.450. The Morgan fingerprint density at radius 3 is 2.93 bits per heavy atom. The summed E-state index contributed by atoms with van der Waals surface area (Å²) in [5, 5.41) is 3.61. The molecule has 0 aliphatic carbocycles. The number of carbonyl (C=O) groups excluding carboxylic acids is 1. The first kappa shape index (κ1) is 20.4. The summed E-state index contributed by atoms with van der Waals surface area (Å²) < 4.78 is 20.4. The zero-order valence-corrected chi connectivity index (χ0v) is 17.7. The Balaban J connectivity index is 1.55. The molecule has 154 valence electrons. The molecule has 29 heavy (non-hydrogen) atoms. The summed E-state index contributed by atoms with van der Waals surface area (Å²) in [6, 6.07) is 5.73. The van der Waals surface area contributed by atoms with E-state index in [9.17, 15) is 14.0 Å². The van der Waals surface area contributed by atoms with Crippen molar-refractivity contribution in [1.29, 1.82) is 0 Å². The quantitative estimate of drug-likeness (QED) is 0.556. The minimum Gasteiger partial charge on any atom is -0.376 e. The van der Waals surface area contributed by atoms with E-state index < -0.39 is 0 Å². The molecule has 4 rings (SSSR count). The van der Waals surface area contributed by atoms with Crippen LogP contribution < -0.4 is 10.9 Å². The van der Waals surface area contributed by atoms with Crippen LogP contribution in [-0.4, -0.2) is 45.7 Å². The van der Waals surface area contributed by atoms with E-state index in [1.54, 1.807) is 12.1 Å². The first-order valence-electron chi connectivity index (χ1n) is 9.61. The zero-order chi connectivity index (χ0) is 20.4. The minimum absolute atomic E-state index is 0.0815. The third-order valence-corrected chi connectivity index (χ3v) is 7.00. The van der Waals surface area contributed by atoms with Gasteiger partial charge < -0.3 is 10.1 Å². The van der Waals surface area contributed by atoms with E-state index in [4.69, 9.17) is 4.74 Å². The molecule has 0 unspecified atom stereocenters. The smallest absolute Gasteiger partial charge is 0.272 e. The largest absolute Gasteiger partial charge is 0.376 e.